The lowest BCUT2D eigenvalue weighted by Gasteiger charge is -2.09. The van der Waals surface area contributed by atoms with Crippen LogP contribution in [-0.2, 0) is 7.05 Å². The summed E-state index contributed by atoms with van der Waals surface area (Å²) >= 11 is 0. The number of H-pyrrole nitrogens is 1. The van der Waals surface area contributed by atoms with Gasteiger partial charge in [-0.1, -0.05) is 18.2 Å². The van der Waals surface area contributed by atoms with E-state index >= 15 is 0 Å². The Kier molecular flexibility index (Phi) is 3.01. The molecule has 2 N–H and O–H groups in total. The summed E-state index contributed by atoms with van der Waals surface area (Å²) in [6, 6.07) is 5.73. The highest BCUT2D eigenvalue weighted by molar-refractivity contribution is 6.02. The Morgan fingerprint density at radius 1 is 1.33 bits per heavy atom. The second kappa shape index (κ2) is 4.48. The minimum absolute atomic E-state index is 0.00477. The molecule has 0 saturated heterocycles. The molecule has 1 heterocycles. The van der Waals surface area contributed by atoms with E-state index in [1.807, 2.05) is 32.0 Å². The first-order valence-electron chi connectivity index (χ1n) is 5.50. The number of carbonyl (C=O) groups excluding carboxylic acids is 1. The van der Waals surface area contributed by atoms with Crippen molar-refractivity contribution in [1.82, 2.24) is 14.8 Å². The molecule has 0 bridgehead atoms. The molecule has 0 fully saturated rings. The molecule has 0 radical (unpaired) electrons. The van der Waals surface area contributed by atoms with Crippen molar-refractivity contribution in [2.24, 2.45) is 7.05 Å². The zero-order valence-electron chi connectivity index (χ0n) is 10.4. The molecule has 0 spiro atoms. The van der Waals surface area contributed by atoms with Crippen LogP contribution in [-0.4, -0.2) is 20.7 Å². The van der Waals surface area contributed by atoms with Crippen molar-refractivity contribution >= 4 is 11.6 Å². The molecule has 2 aromatic rings. The molecule has 0 aliphatic carbocycles. The number of aromatic amines is 1. The molecular formula is C12H14N4O2. The van der Waals surface area contributed by atoms with E-state index in [0.29, 0.717) is 0 Å². The van der Waals surface area contributed by atoms with Gasteiger partial charge in [0.1, 0.15) is 0 Å². The first-order chi connectivity index (χ1) is 8.49. The lowest BCUT2D eigenvalue weighted by Crippen LogP contribution is -2.16. The van der Waals surface area contributed by atoms with Crippen LogP contribution >= 0.6 is 0 Å². The molecule has 6 nitrogen and oxygen atoms in total. The summed E-state index contributed by atoms with van der Waals surface area (Å²) in [5.41, 5.74) is 2.25. The molecule has 0 saturated carbocycles. The summed E-state index contributed by atoms with van der Waals surface area (Å²) in [5, 5.41) is 6.55. The zero-order chi connectivity index (χ0) is 13.3. The number of hydrogen-bond donors (Lipinski definition) is 2. The van der Waals surface area contributed by atoms with Gasteiger partial charge in [0.2, 0.25) is 5.82 Å². The van der Waals surface area contributed by atoms with Gasteiger partial charge in [0.05, 0.1) is 0 Å². The third kappa shape index (κ3) is 2.17. The van der Waals surface area contributed by atoms with Crippen molar-refractivity contribution in [2.45, 2.75) is 13.8 Å². The molecule has 0 atom stereocenters. The van der Waals surface area contributed by atoms with Crippen molar-refractivity contribution in [3.8, 4) is 0 Å². The maximum atomic E-state index is 11.9. The van der Waals surface area contributed by atoms with E-state index in [-0.39, 0.29) is 5.82 Å². The zero-order valence-corrected chi connectivity index (χ0v) is 10.4. The third-order valence-electron chi connectivity index (χ3n) is 2.70. The molecular weight excluding hydrogens is 232 g/mol. The minimum atomic E-state index is -0.426. The standard InChI is InChI=1S/C12H14N4O2/c1-7-5-4-6-8(2)9(7)13-11(17)10-14-12(18)16(3)15-10/h4-6H,1-3H3,(H,13,17)(H,14,15,18). The largest absolute Gasteiger partial charge is 0.343 e. The summed E-state index contributed by atoms with van der Waals surface area (Å²) < 4.78 is 1.08. The maximum absolute atomic E-state index is 11.9. The van der Waals surface area contributed by atoms with Crippen LogP contribution in [0.3, 0.4) is 0 Å². The fourth-order valence-corrected chi connectivity index (χ4v) is 1.69. The molecule has 0 aliphatic heterocycles. The van der Waals surface area contributed by atoms with E-state index in [2.05, 4.69) is 15.4 Å². The lowest BCUT2D eigenvalue weighted by atomic mass is 10.1. The van der Waals surface area contributed by atoms with E-state index < -0.39 is 11.6 Å². The second-order valence-electron chi connectivity index (χ2n) is 4.12. The topological polar surface area (TPSA) is 79.8 Å². The predicted molar refractivity (Wildman–Crippen MR) is 67.7 cm³/mol. The Morgan fingerprint density at radius 3 is 2.44 bits per heavy atom. The van der Waals surface area contributed by atoms with Gasteiger partial charge in [-0.15, -0.1) is 5.10 Å². The van der Waals surface area contributed by atoms with Gasteiger partial charge in [0, 0.05) is 12.7 Å². The first-order valence-corrected chi connectivity index (χ1v) is 5.50. The number of rotatable bonds is 2. The predicted octanol–water partition coefficient (Wildman–Crippen LogP) is 0.978. The van der Waals surface area contributed by atoms with Gasteiger partial charge < -0.3 is 5.32 Å². The third-order valence-corrected chi connectivity index (χ3v) is 2.70. The second-order valence-corrected chi connectivity index (χ2v) is 4.12. The molecule has 0 unspecified atom stereocenters. The number of aromatic nitrogens is 3. The van der Waals surface area contributed by atoms with Crippen LogP contribution in [0.25, 0.3) is 0 Å². The van der Waals surface area contributed by atoms with E-state index in [9.17, 15) is 9.59 Å². The van der Waals surface area contributed by atoms with Crippen molar-refractivity contribution in [3.05, 3.63) is 45.6 Å². The normalized spacial score (nSPS) is 10.4. The van der Waals surface area contributed by atoms with Gasteiger partial charge in [-0.05, 0) is 25.0 Å². The van der Waals surface area contributed by atoms with Gasteiger partial charge in [-0.2, -0.15) is 0 Å². The highest BCUT2D eigenvalue weighted by Gasteiger charge is 2.13. The quantitative estimate of drug-likeness (QED) is 0.828. The maximum Gasteiger partial charge on any atom is 0.343 e. The Hall–Kier alpha value is -2.37. The summed E-state index contributed by atoms with van der Waals surface area (Å²) in [6.07, 6.45) is 0. The van der Waals surface area contributed by atoms with Gasteiger partial charge in [-0.25, -0.2) is 9.48 Å². The molecule has 1 amide bonds. The van der Waals surface area contributed by atoms with Crippen LogP contribution in [0.5, 0.6) is 0 Å². The van der Waals surface area contributed by atoms with Crippen LogP contribution in [0.4, 0.5) is 5.69 Å². The molecule has 94 valence electrons. The van der Waals surface area contributed by atoms with E-state index in [0.717, 1.165) is 21.5 Å². The van der Waals surface area contributed by atoms with Crippen LogP contribution in [0, 0.1) is 13.8 Å². The SMILES string of the molecule is Cc1cccc(C)c1NC(=O)c1nn(C)c(=O)[nH]1. The van der Waals surface area contributed by atoms with Gasteiger partial charge in [0.15, 0.2) is 0 Å². The number of amides is 1. The minimum Gasteiger partial charge on any atom is -0.319 e. The molecule has 2 rings (SSSR count). The number of aryl methyl sites for hydroxylation is 3. The fourth-order valence-electron chi connectivity index (χ4n) is 1.69. The van der Waals surface area contributed by atoms with Crippen molar-refractivity contribution in [3.63, 3.8) is 0 Å². The highest BCUT2D eigenvalue weighted by Crippen LogP contribution is 2.19. The number of benzene rings is 1. The average molecular weight is 246 g/mol. The molecule has 1 aromatic carbocycles. The van der Waals surface area contributed by atoms with Gasteiger partial charge in [0.25, 0.3) is 5.91 Å². The molecule has 18 heavy (non-hydrogen) atoms. The molecule has 0 aliphatic rings. The van der Waals surface area contributed by atoms with Crippen molar-refractivity contribution in [2.75, 3.05) is 5.32 Å². The summed E-state index contributed by atoms with van der Waals surface area (Å²) in [6.45, 7) is 3.81. The number of nitrogens with one attached hydrogen (secondary N) is 2. The number of para-hydroxylation sites is 1. The summed E-state index contributed by atoms with van der Waals surface area (Å²) in [4.78, 5) is 25.5. The fraction of sp³-hybridized carbons (Fsp3) is 0.250. The Labute approximate surface area is 104 Å². The van der Waals surface area contributed by atoms with Crippen molar-refractivity contribution < 1.29 is 4.79 Å². The highest BCUT2D eigenvalue weighted by atomic mass is 16.2. The number of nitrogens with zero attached hydrogens (tertiary/aromatic N) is 2. The lowest BCUT2D eigenvalue weighted by molar-refractivity contribution is 0.101. The Balaban J connectivity index is 2.29. The average Bonchev–Trinajstić information content (AvgIpc) is 2.64. The van der Waals surface area contributed by atoms with Gasteiger partial charge in [-0.3, -0.25) is 9.78 Å². The summed E-state index contributed by atoms with van der Waals surface area (Å²) in [7, 11) is 1.48. The van der Waals surface area contributed by atoms with Gasteiger partial charge >= 0.3 is 5.69 Å². The smallest absolute Gasteiger partial charge is 0.319 e. The summed E-state index contributed by atoms with van der Waals surface area (Å²) in [5.74, 6) is -0.421. The van der Waals surface area contributed by atoms with E-state index in [4.69, 9.17) is 0 Å². The van der Waals surface area contributed by atoms with Crippen molar-refractivity contribution in [1.29, 1.82) is 0 Å². The Bertz CT molecular complexity index is 634. The van der Waals surface area contributed by atoms with E-state index in [1.165, 1.54) is 7.05 Å². The van der Waals surface area contributed by atoms with E-state index in [1.54, 1.807) is 0 Å². The van der Waals surface area contributed by atoms with Crippen LogP contribution in [0.2, 0.25) is 0 Å². The molecule has 6 heteroatoms. The number of carbonyl (C=O) groups is 1. The Morgan fingerprint density at radius 2 is 1.94 bits per heavy atom. The van der Waals surface area contributed by atoms with Crippen LogP contribution in [0.1, 0.15) is 21.7 Å². The van der Waals surface area contributed by atoms with Crippen LogP contribution in [0.15, 0.2) is 23.0 Å². The number of anilines is 1. The molecule has 1 aromatic heterocycles. The monoisotopic (exact) mass is 246 g/mol. The first kappa shape index (κ1) is 12.1. The number of hydrogen-bond acceptors (Lipinski definition) is 3. The van der Waals surface area contributed by atoms with Crippen LogP contribution < -0.4 is 11.0 Å².